The Kier molecular flexibility index (Phi) is 3.69. The van der Waals surface area contributed by atoms with Gasteiger partial charge in [0.1, 0.15) is 5.75 Å². The Morgan fingerprint density at radius 3 is 3.05 bits per heavy atom. The number of phenols is 1. The van der Waals surface area contributed by atoms with Crippen LogP contribution >= 0.6 is 22.6 Å². The fourth-order valence-electron chi connectivity index (χ4n) is 2.11. The minimum atomic E-state index is 0.204. The molecule has 1 fully saturated rings. The van der Waals surface area contributed by atoms with E-state index in [9.17, 15) is 5.11 Å². The monoisotopic (exact) mass is 372 g/mol. The van der Waals surface area contributed by atoms with Crippen LogP contribution in [0.5, 0.6) is 5.75 Å². The number of halogens is 1. The molecule has 0 saturated carbocycles. The van der Waals surface area contributed by atoms with Crippen LogP contribution in [0.4, 0.5) is 0 Å². The first-order valence-corrected chi connectivity index (χ1v) is 7.23. The van der Waals surface area contributed by atoms with Gasteiger partial charge in [0.2, 0.25) is 0 Å². The van der Waals surface area contributed by atoms with E-state index < -0.39 is 0 Å². The Morgan fingerprint density at radius 2 is 2.32 bits per heavy atom. The topological polar surface area (TPSA) is 68.4 Å². The zero-order valence-electron chi connectivity index (χ0n) is 10.2. The van der Waals surface area contributed by atoms with Crippen LogP contribution in [-0.2, 0) is 11.2 Å². The molecule has 0 amide bonds. The van der Waals surface area contributed by atoms with Gasteiger partial charge in [0.15, 0.2) is 5.82 Å². The molecule has 100 valence electrons. The molecule has 1 unspecified atom stereocenters. The molecule has 1 saturated heterocycles. The highest BCUT2D eigenvalue weighted by atomic mass is 127. The van der Waals surface area contributed by atoms with Crippen LogP contribution in [0, 0.1) is 3.57 Å². The fourth-order valence-corrected chi connectivity index (χ4v) is 2.44. The molecule has 0 spiro atoms. The summed E-state index contributed by atoms with van der Waals surface area (Å²) in [6, 6.07) is 5.30. The minimum absolute atomic E-state index is 0.204. The lowest BCUT2D eigenvalue weighted by Gasteiger charge is -2.03. The molecule has 0 aliphatic carbocycles. The Balaban J connectivity index is 1.78. The van der Waals surface area contributed by atoms with Crippen LogP contribution < -0.4 is 0 Å². The van der Waals surface area contributed by atoms with Gasteiger partial charge in [0.05, 0.1) is 9.67 Å². The van der Waals surface area contributed by atoms with E-state index in [0.717, 1.165) is 28.6 Å². The van der Waals surface area contributed by atoms with E-state index in [-0.39, 0.29) is 11.9 Å². The van der Waals surface area contributed by atoms with Crippen molar-refractivity contribution in [3.63, 3.8) is 0 Å². The molecule has 19 heavy (non-hydrogen) atoms. The van der Waals surface area contributed by atoms with Crippen molar-refractivity contribution >= 4 is 22.6 Å². The van der Waals surface area contributed by atoms with Gasteiger partial charge in [-0.3, -0.25) is 0 Å². The van der Waals surface area contributed by atoms with E-state index in [0.29, 0.717) is 18.1 Å². The molecule has 6 heteroatoms. The molecular weight excluding hydrogens is 359 g/mol. The standard InChI is InChI=1S/C13H13IN2O3/c14-10-4-3-8(6-11(10)17)13-15-12(16-19-13)7-9-2-1-5-18-9/h3-4,6,9,17H,1-2,5,7H2. The molecule has 2 heterocycles. The van der Waals surface area contributed by atoms with Gasteiger partial charge in [-0.05, 0) is 53.6 Å². The lowest BCUT2D eigenvalue weighted by Crippen LogP contribution is -2.09. The van der Waals surface area contributed by atoms with Crippen molar-refractivity contribution in [3.8, 4) is 17.2 Å². The molecule has 0 bridgehead atoms. The maximum absolute atomic E-state index is 9.68. The van der Waals surface area contributed by atoms with Gasteiger partial charge in [-0.2, -0.15) is 4.98 Å². The van der Waals surface area contributed by atoms with Gasteiger partial charge in [-0.15, -0.1) is 0 Å². The number of ether oxygens (including phenoxy) is 1. The van der Waals surface area contributed by atoms with Crippen molar-refractivity contribution < 1.29 is 14.4 Å². The van der Waals surface area contributed by atoms with Gasteiger partial charge in [0, 0.05) is 18.6 Å². The van der Waals surface area contributed by atoms with Gasteiger partial charge in [-0.25, -0.2) is 0 Å². The lowest BCUT2D eigenvalue weighted by molar-refractivity contribution is 0.109. The van der Waals surface area contributed by atoms with Crippen molar-refractivity contribution in [2.24, 2.45) is 0 Å². The highest BCUT2D eigenvalue weighted by molar-refractivity contribution is 14.1. The van der Waals surface area contributed by atoms with E-state index in [4.69, 9.17) is 9.26 Å². The van der Waals surface area contributed by atoms with Crippen LogP contribution in [-0.4, -0.2) is 28.0 Å². The van der Waals surface area contributed by atoms with Gasteiger partial charge in [-0.1, -0.05) is 5.16 Å². The number of hydrogen-bond donors (Lipinski definition) is 1. The quantitative estimate of drug-likeness (QED) is 0.840. The summed E-state index contributed by atoms with van der Waals surface area (Å²) in [5.74, 6) is 1.30. The number of aromatic nitrogens is 2. The van der Waals surface area contributed by atoms with E-state index in [1.165, 1.54) is 0 Å². The van der Waals surface area contributed by atoms with Crippen molar-refractivity contribution in [1.82, 2.24) is 10.1 Å². The molecule has 3 rings (SSSR count). The molecule has 1 aliphatic heterocycles. The summed E-state index contributed by atoms with van der Waals surface area (Å²) in [5, 5.41) is 13.6. The fraction of sp³-hybridized carbons (Fsp3) is 0.385. The third kappa shape index (κ3) is 2.89. The second-order valence-electron chi connectivity index (χ2n) is 4.52. The number of benzene rings is 1. The van der Waals surface area contributed by atoms with Crippen molar-refractivity contribution in [2.45, 2.75) is 25.4 Å². The predicted octanol–water partition coefficient (Wildman–Crippen LogP) is 2.77. The zero-order valence-corrected chi connectivity index (χ0v) is 12.3. The molecule has 5 nitrogen and oxygen atoms in total. The maximum atomic E-state index is 9.68. The zero-order chi connectivity index (χ0) is 13.2. The molecule has 1 N–H and O–H groups in total. The number of nitrogens with zero attached hydrogens (tertiary/aromatic N) is 2. The molecule has 2 aromatic rings. The summed E-state index contributed by atoms with van der Waals surface area (Å²) in [6.45, 7) is 0.820. The summed E-state index contributed by atoms with van der Waals surface area (Å²) < 4.78 is 11.6. The van der Waals surface area contributed by atoms with E-state index in [1.54, 1.807) is 6.07 Å². The van der Waals surface area contributed by atoms with Gasteiger partial charge >= 0.3 is 0 Å². The predicted molar refractivity (Wildman–Crippen MR) is 76.8 cm³/mol. The van der Waals surface area contributed by atoms with Crippen LogP contribution in [0.3, 0.4) is 0 Å². The molecule has 1 aromatic carbocycles. The lowest BCUT2D eigenvalue weighted by atomic mass is 10.2. The highest BCUT2D eigenvalue weighted by Crippen LogP contribution is 2.26. The molecule has 1 atom stereocenters. The second-order valence-corrected chi connectivity index (χ2v) is 5.68. The highest BCUT2D eigenvalue weighted by Gasteiger charge is 2.19. The van der Waals surface area contributed by atoms with Crippen LogP contribution in [0.15, 0.2) is 22.7 Å². The van der Waals surface area contributed by atoms with E-state index in [1.807, 2.05) is 12.1 Å². The maximum Gasteiger partial charge on any atom is 0.258 e. The Hall–Kier alpha value is -1.15. The SMILES string of the molecule is Oc1cc(-c2nc(CC3CCCO3)no2)ccc1I. The van der Waals surface area contributed by atoms with E-state index in [2.05, 4.69) is 32.7 Å². The third-order valence-corrected chi connectivity index (χ3v) is 4.01. The number of hydrogen-bond acceptors (Lipinski definition) is 5. The van der Waals surface area contributed by atoms with E-state index >= 15 is 0 Å². The largest absolute Gasteiger partial charge is 0.507 e. The summed E-state index contributed by atoms with van der Waals surface area (Å²) >= 11 is 2.07. The average molecular weight is 372 g/mol. The Bertz CT molecular complexity index is 579. The van der Waals surface area contributed by atoms with Crippen LogP contribution in [0.2, 0.25) is 0 Å². The second kappa shape index (κ2) is 5.46. The summed E-state index contributed by atoms with van der Waals surface area (Å²) in [7, 11) is 0. The Morgan fingerprint density at radius 1 is 1.42 bits per heavy atom. The molecule has 1 aliphatic rings. The normalized spacial score (nSPS) is 18.9. The first kappa shape index (κ1) is 12.9. The molecular formula is C13H13IN2O3. The minimum Gasteiger partial charge on any atom is -0.507 e. The number of rotatable bonds is 3. The molecule has 0 radical (unpaired) electrons. The van der Waals surface area contributed by atoms with Crippen molar-refractivity contribution in [1.29, 1.82) is 0 Å². The number of aromatic hydroxyl groups is 1. The van der Waals surface area contributed by atoms with Gasteiger partial charge in [0.25, 0.3) is 5.89 Å². The van der Waals surface area contributed by atoms with Crippen molar-refractivity contribution in [3.05, 3.63) is 27.6 Å². The molecule has 1 aromatic heterocycles. The first-order chi connectivity index (χ1) is 9.22. The summed E-state index contributed by atoms with van der Waals surface area (Å²) in [4.78, 5) is 4.34. The number of phenolic OH excluding ortho intramolecular Hbond substituents is 1. The summed E-state index contributed by atoms with van der Waals surface area (Å²) in [6.07, 6.45) is 3.03. The van der Waals surface area contributed by atoms with Gasteiger partial charge < -0.3 is 14.4 Å². The first-order valence-electron chi connectivity index (χ1n) is 6.15. The summed E-state index contributed by atoms with van der Waals surface area (Å²) in [5.41, 5.74) is 0.726. The average Bonchev–Trinajstić information content (AvgIpc) is 3.05. The van der Waals surface area contributed by atoms with Crippen LogP contribution in [0.1, 0.15) is 18.7 Å². The van der Waals surface area contributed by atoms with Crippen LogP contribution in [0.25, 0.3) is 11.5 Å². The third-order valence-electron chi connectivity index (χ3n) is 3.10. The van der Waals surface area contributed by atoms with Crippen molar-refractivity contribution in [2.75, 3.05) is 6.61 Å². The smallest absolute Gasteiger partial charge is 0.258 e. The Labute approximate surface area is 124 Å².